The van der Waals surface area contributed by atoms with Gasteiger partial charge in [0.1, 0.15) is 0 Å². The van der Waals surface area contributed by atoms with E-state index in [1.165, 1.54) is 0 Å². The third-order valence-corrected chi connectivity index (χ3v) is 3.63. The smallest absolute Gasteiger partial charge is 0.323 e. The Hall–Kier alpha value is -2.20. The first-order valence-electron chi connectivity index (χ1n) is 6.51. The monoisotopic (exact) mass is 417 g/mol. The van der Waals surface area contributed by atoms with Gasteiger partial charge in [-0.3, -0.25) is 9.36 Å². The SMILES string of the molecule is C=Cn1c(Nc2c(Cl)cc(C(F)(F)F)cc2Cl)nc(C(F)(F)F)cc1=O. The van der Waals surface area contributed by atoms with Crippen LogP contribution in [0.5, 0.6) is 0 Å². The molecule has 0 fully saturated rings. The lowest BCUT2D eigenvalue weighted by Crippen LogP contribution is -2.23. The molecular formula is C14H7Cl2F6N3O. The molecule has 1 heterocycles. The van der Waals surface area contributed by atoms with Crippen LogP contribution in [0.3, 0.4) is 0 Å². The van der Waals surface area contributed by atoms with Gasteiger partial charge in [-0.05, 0) is 12.1 Å². The molecule has 0 radical (unpaired) electrons. The van der Waals surface area contributed by atoms with Crippen LogP contribution < -0.4 is 10.9 Å². The fourth-order valence-electron chi connectivity index (χ4n) is 1.87. The average molecular weight is 418 g/mol. The first-order valence-corrected chi connectivity index (χ1v) is 7.26. The van der Waals surface area contributed by atoms with Crippen LogP contribution in [0.2, 0.25) is 10.0 Å². The van der Waals surface area contributed by atoms with E-state index in [1.54, 1.807) is 0 Å². The van der Waals surface area contributed by atoms with Crippen LogP contribution in [-0.4, -0.2) is 9.55 Å². The topological polar surface area (TPSA) is 46.9 Å². The van der Waals surface area contributed by atoms with E-state index in [1.807, 2.05) is 0 Å². The largest absolute Gasteiger partial charge is 0.433 e. The molecule has 0 aliphatic heterocycles. The molecule has 0 aliphatic rings. The van der Waals surface area contributed by atoms with Gasteiger partial charge in [-0.15, -0.1) is 0 Å². The fourth-order valence-corrected chi connectivity index (χ4v) is 2.45. The van der Waals surface area contributed by atoms with Crippen molar-refractivity contribution in [2.75, 3.05) is 5.32 Å². The van der Waals surface area contributed by atoms with Crippen molar-refractivity contribution < 1.29 is 26.3 Å². The second-order valence-corrected chi connectivity index (χ2v) is 5.61. The van der Waals surface area contributed by atoms with E-state index in [4.69, 9.17) is 23.2 Å². The van der Waals surface area contributed by atoms with Crippen molar-refractivity contribution in [1.29, 1.82) is 0 Å². The van der Waals surface area contributed by atoms with E-state index in [0.29, 0.717) is 16.7 Å². The first-order chi connectivity index (χ1) is 11.8. The van der Waals surface area contributed by atoms with Crippen molar-refractivity contribution >= 4 is 41.0 Å². The Morgan fingerprint density at radius 3 is 2.00 bits per heavy atom. The maximum absolute atomic E-state index is 12.8. The van der Waals surface area contributed by atoms with E-state index in [-0.39, 0.29) is 11.8 Å². The van der Waals surface area contributed by atoms with Crippen molar-refractivity contribution in [3.05, 3.63) is 56.4 Å². The standard InChI is InChI=1S/C14H7Cl2F6N3O/c1-2-25-10(26)5-9(14(20,21)22)23-12(25)24-11-7(15)3-6(4-8(11)16)13(17,18)19/h2-5H,1H2,(H,23,24). The summed E-state index contributed by atoms with van der Waals surface area (Å²) >= 11 is 11.5. The second kappa shape index (κ2) is 6.84. The lowest BCUT2D eigenvalue weighted by molar-refractivity contribution is -0.141. The molecule has 2 aromatic rings. The van der Waals surface area contributed by atoms with Crippen molar-refractivity contribution in [3.63, 3.8) is 0 Å². The lowest BCUT2D eigenvalue weighted by atomic mass is 10.2. The minimum Gasteiger partial charge on any atom is -0.323 e. The second-order valence-electron chi connectivity index (χ2n) is 4.79. The summed E-state index contributed by atoms with van der Waals surface area (Å²) in [5.74, 6) is -0.677. The molecule has 1 N–H and O–H groups in total. The third-order valence-electron chi connectivity index (χ3n) is 3.03. The molecule has 0 unspecified atom stereocenters. The van der Waals surface area contributed by atoms with Gasteiger partial charge in [-0.1, -0.05) is 29.8 Å². The van der Waals surface area contributed by atoms with Crippen LogP contribution in [0.1, 0.15) is 11.3 Å². The molecular weight excluding hydrogens is 411 g/mol. The number of nitrogens with one attached hydrogen (secondary N) is 1. The highest BCUT2D eigenvalue weighted by atomic mass is 35.5. The molecule has 1 aromatic carbocycles. The Balaban J connectivity index is 2.60. The summed E-state index contributed by atoms with van der Waals surface area (Å²) in [6, 6.07) is 1.29. The van der Waals surface area contributed by atoms with Crippen molar-refractivity contribution in [2.24, 2.45) is 0 Å². The van der Waals surface area contributed by atoms with E-state index < -0.39 is 45.2 Å². The van der Waals surface area contributed by atoms with Crippen LogP contribution in [-0.2, 0) is 12.4 Å². The van der Waals surface area contributed by atoms with Crippen LogP contribution in [0.25, 0.3) is 6.20 Å². The third kappa shape index (κ3) is 4.13. The molecule has 0 spiro atoms. The lowest BCUT2D eigenvalue weighted by Gasteiger charge is -2.16. The number of aromatic nitrogens is 2. The Kier molecular flexibility index (Phi) is 5.29. The summed E-state index contributed by atoms with van der Waals surface area (Å²) < 4.78 is 77.3. The van der Waals surface area contributed by atoms with Gasteiger partial charge in [-0.25, -0.2) is 4.98 Å². The molecule has 2 rings (SSSR count). The number of anilines is 2. The molecule has 0 amide bonds. The van der Waals surface area contributed by atoms with Crippen LogP contribution in [0.15, 0.2) is 29.6 Å². The molecule has 1 aromatic heterocycles. The predicted molar refractivity (Wildman–Crippen MR) is 84.6 cm³/mol. The zero-order valence-electron chi connectivity index (χ0n) is 12.3. The van der Waals surface area contributed by atoms with Gasteiger partial charge in [0, 0.05) is 12.3 Å². The quantitative estimate of drug-likeness (QED) is 0.677. The number of nitrogens with zero attached hydrogens (tertiary/aromatic N) is 2. The maximum atomic E-state index is 12.8. The van der Waals surface area contributed by atoms with Gasteiger partial charge in [-0.2, -0.15) is 26.3 Å². The molecule has 0 bridgehead atoms. The summed E-state index contributed by atoms with van der Waals surface area (Å²) in [6.45, 7) is 3.26. The van der Waals surface area contributed by atoms with Crippen LogP contribution >= 0.6 is 23.2 Å². The number of alkyl halides is 6. The van der Waals surface area contributed by atoms with Gasteiger partial charge in [0.25, 0.3) is 5.56 Å². The molecule has 0 aliphatic carbocycles. The minimum absolute atomic E-state index is 0.239. The molecule has 0 atom stereocenters. The van der Waals surface area contributed by atoms with Crippen LogP contribution in [0.4, 0.5) is 38.0 Å². The summed E-state index contributed by atoms with van der Waals surface area (Å²) in [5, 5.41) is 1.17. The van der Waals surface area contributed by atoms with Gasteiger partial charge in [0.15, 0.2) is 5.69 Å². The number of halogens is 8. The first kappa shape index (κ1) is 20.1. The maximum Gasteiger partial charge on any atom is 0.433 e. The molecule has 26 heavy (non-hydrogen) atoms. The van der Waals surface area contributed by atoms with E-state index in [2.05, 4.69) is 16.9 Å². The molecule has 140 valence electrons. The van der Waals surface area contributed by atoms with E-state index in [0.717, 1.165) is 6.20 Å². The number of rotatable bonds is 3. The highest BCUT2D eigenvalue weighted by Gasteiger charge is 2.35. The van der Waals surface area contributed by atoms with Crippen LogP contribution in [0, 0.1) is 0 Å². The summed E-state index contributed by atoms with van der Waals surface area (Å²) in [7, 11) is 0. The Labute approximate surface area is 151 Å². The zero-order chi connectivity index (χ0) is 19.9. The van der Waals surface area contributed by atoms with Crippen molar-refractivity contribution in [2.45, 2.75) is 12.4 Å². The summed E-state index contributed by atoms with van der Waals surface area (Å²) in [6.07, 6.45) is -8.79. The van der Waals surface area contributed by atoms with Gasteiger partial charge in [0.2, 0.25) is 5.95 Å². The van der Waals surface area contributed by atoms with Crippen molar-refractivity contribution in [3.8, 4) is 0 Å². The Morgan fingerprint density at radius 2 is 1.58 bits per heavy atom. The molecule has 4 nitrogen and oxygen atoms in total. The highest BCUT2D eigenvalue weighted by molar-refractivity contribution is 6.39. The van der Waals surface area contributed by atoms with Crippen molar-refractivity contribution in [1.82, 2.24) is 9.55 Å². The minimum atomic E-state index is -4.93. The van der Waals surface area contributed by atoms with Gasteiger partial charge in [0.05, 0.1) is 21.3 Å². The molecule has 0 saturated carbocycles. The average Bonchev–Trinajstić information content (AvgIpc) is 2.48. The number of hydrogen-bond donors (Lipinski definition) is 1. The Bertz CT molecular complexity index is 897. The number of hydrogen-bond acceptors (Lipinski definition) is 3. The van der Waals surface area contributed by atoms with E-state index >= 15 is 0 Å². The zero-order valence-corrected chi connectivity index (χ0v) is 13.9. The summed E-state index contributed by atoms with van der Waals surface area (Å²) in [5.41, 5.74) is -4.15. The predicted octanol–water partition coefficient (Wildman–Crippen LogP) is 5.43. The normalized spacial score (nSPS) is 12.2. The Morgan fingerprint density at radius 1 is 1.04 bits per heavy atom. The highest BCUT2D eigenvalue weighted by Crippen LogP contribution is 2.39. The van der Waals surface area contributed by atoms with E-state index in [9.17, 15) is 31.1 Å². The summed E-state index contributed by atoms with van der Waals surface area (Å²) in [4.78, 5) is 15.0. The molecule has 12 heteroatoms. The fraction of sp³-hybridized carbons (Fsp3) is 0.143. The molecule has 0 saturated heterocycles. The van der Waals surface area contributed by atoms with Gasteiger partial charge < -0.3 is 5.32 Å². The van der Waals surface area contributed by atoms with Gasteiger partial charge >= 0.3 is 12.4 Å². The number of benzene rings is 1.